The molecule has 0 N–H and O–H groups in total. The van der Waals surface area contributed by atoms with E-state index in [-0.39, 0.29) is 0 Å². The lowest BCUT2D eigenvalue weighted by Gasteiger charge is -2.32. The summed E-state index contributed by atoms with van der Waals surface area (Å²) in [5.74, 6) is 0.785. The molecule has 0 atom stereocenters. The second-order valence-corrected chi connectivity index (χ2v) is 3.98. The maximum atomic E-state index is 10.5. The monoisotopic (exact) mass is 164 g/mol. The van der Waals surface area contributed by atoms with E-state index in [1.165, 1.54) is 44.1 Å². The molecule has 0 fully saturated rings. The van der Waals surface area contributed by atoms with Gasteiger partial charge in [0.05, 0.1) is 0 Å². The van der Waals surface area contributed by atoms with Gasteiger partial charge in [-0.2, -0.15) is 0 Å². The zero-order valence-electron chi connectivity index (χ0n) is 7.51. The molecule has 1 nitrogen and oxygen atoms in total. The Morgan fingerprint density at radius 2 is 1.92 bits per heavy atom. The van der Waals surface area contributed by atoms with E-state index < -0.39 is 0 Å². The molecule has 0 radical (unpaired) electrons. The third-order valence-electron chi connectivity index (χ3n) is 3.31. The number of rotatable bonds is 2. The summed E-state index contributed by atoms with van der Waals surface area (Å²) in [6, 6.07) is 0. The highest BCUT2D eigenvalue weighted by Gasteiger charge is 2.25. The second kappa shape index (κ2) is 3.42. The first-order valence-corrected chi connectivity index (χ1v) is 5.06. The van der Waals surface area contributed by atoms with Gasteiger partial charge >= 0.3 is 0 Å². The van der Waals surface area contributed by atoms with Gasteiger partial charge in [-0.3, -0.25) is 0 Å². The highest BCUT2D eigenvalue weighted by Crippen LogP contribution is 2.41. The maximum Gasteiger partial charge on any atom is 0.124 e. The average molecular weight is 164 g/mol. The van der Waals surface area contributed by atoms with Gasteiger partial charge in [0.1, 0.15) is 6.29 Å². The summed E-state index contributed by atoms with van der Waals surface area (Å²) >= 11 is 0. The normalized spacial score (nSPS) is 24.3. The molecular formula is C11H16O. The molecule has 0 aromatic rings. The van der Waals surface area contributed by atoms with Crippen molar-refractivity contribution in [1.29, 1.82) is 0 Å². The zero-order chi connectivity index (χ0) is 8.39. The summed E-state index contributed by atoms with van der Waals surface area (Å²) < 4.78 is 0. The maximum absolute atomic E-state index is 10.5. The minimum absolute atomic E-state index is 0.722. The molecule has 12 heavy (non-hydrogen) atoms. The number of allylic oxidation sites excluding steroid dienone is 2. The molecule has 0 unspecified atom stereocenters. The van der Waals surface area contributed by atoms with Gasteiger partial charge < -0.3 is 4.79 Å². The Balaban J connectivity index is 2.22. The fraction of sp³-hybridized carbons (Fsp3) is 0.727. The van der Waals surface area contributed by atoms with Gasteiger partial charge in [-0.15, -0.1) is 0 Å². The zero-order valence-corrected chi connectivity index (χ0v) is 7.51. The summed E-state index contributed by atoms with van der Waals surface area (Å²) in [5.41, 5.74) is 3.15. The first-order valence-electron chi connectivity index (χ1n) is 5.06. The molecule has 0 saturated carbocycles. The molecule has 66 valence electrons. The molecule has 0 amide bonds. The second-order valence-electron chi connectivity index (χ2n) is 3.98. The molecule has 0 saturated heterocycles. The highest BCUT2D eigenvalue weighted by atomic mass is 16.1. The Bertz CT molecular complexity index is 203. The van der Waals surface area contributed by atoms with Crippen LogP contribution in [0.15, 0.2) is 11.1 Å². The number of hydrogen-bond donors (Lipinski definition) is 0. The van der Waals surface area contributed by atoms with Crippen molar-refractivity contribution in [2.45, 2.75) is 44.9 Å². The molecule has 0 spiro atoms. The third kappa shape index (κ3) is 1.33. The van der Waals surface area contributed by atoms with Crippen molar-refractivity contribution in [2.24, 2.45) is 5.92 Å². The van der Waals surface area contributed by atoms with E-state index in [2.05, 4.69) is 0 Å². The van der Waals surface area contributed by atoms with E-state index in [0.717, 1.165) is 18.6 Å². The van der Waals surface area contributed by atoms with Gasteiger partial charge in [0.2, 0.25) is 0 Å². The molecule has 2 rings (SSSR count). The fourth-order valence-corrected chi connectivity index (χ4v) is 2.75. The molecule has 2 aliphatic carbocycles. The summed E-state index contributed by atoms with van der Waals surface area (Å²) in [4.78, 5) is 10.5. The quantitative estimate of drug-likeness (QED) is 0.453. The highest BCUT2D eigenvalue weighted by molar-refractivity contribution is 5.55. The number of hydrogen-bond acceptors (Lipinski definition) is 1. The number of carbonyl (C=O) groups excluding carboxylic acids is 1. The van der Waals surface area contributed by atoms with Crippen LogP contribution in [0.3, 0.4) is 0 Å². The fourth-order valence-electron chi connectivity index (χ4n) is 2.75. The molecule has 1 heteroatoms. The number of carbonyl (C=O) groups is 1. The van der Waals surface area contributed by atoms with Crippen LogP contribution in [-0.2, 0) is 4.79 Å². The molecule has 2 bridgehead atoms. The average Bonchev–Trinajstić information content (AvgIpc) is 2.04. The third-order valence-corrected chi connectivity index (χ3v) is 3.31. The number of fused-ring (bicyclic) bond motifs is 1. The lowest BCUT2D eigenvalue weighted by molar-refractivity contribution is -0.107. The van der Waals surface area contributed by atoms with E-state index in [9.17, 15) is 4.79 Å². The van der Waals surface area contributed by atoms with Crippen LogP contribution in [0.5, 0.6) is 0 Å². The standard InChI is InChI=1S/C11H16O/c12-8-7-11-9-3-1-4-10(11)6-2-5-9/h8-9H,1-7H2. The van der Waals surface area contributed by atoms with Crippen LogP contribution in [0.2, 0.25) is 0 Å². The summed E-state index contributed by atoms with van der Waals surface area (Å²) in [7, 11) is 0. The molecular weight excluding hydrogens is 148 g/mol. The van der Waals surface area contributed by atoms with E-state index in [1.807, 2.05) is 0 Å². The van der Waals surface area contributed by atoms with Gasteiger partial charge in [0.15, 0.2) is 0 Å². The minimum Gasteiger partial charge on any atom is -0.303 e. The van der Waals surface area contributed by atoms with Gasteiger partial charge in [-0.25, -0.2) is 0 Å². The van der Waals surface area contributed by atoms with Crippen molar-refractivity contribution in [3.63, 3.8) is 0 Å². The summed E-state index contributed by atoms with van der Waals surface area (Å²) in [6.45, 7) is 0. The van der Waals surface area contributed by atoms with Gasteiger partial charge in [-0.1, -0.05) is 11.1 Å². The van der Waals surface area contributed by atoms with Crippen molar-refractivity contribution in [1.82, 2.24) is 0 Å². The first kappa shape index (κ1) is 8.03. The lowest BCUT2D eigenvalue weighted by atomic mass is 9.73. The minimum atomic E-state index is 0.722. The summed E-state index contributed by atoms with van der Waals surface area (Å²) in [6.07, 6.45) is 9.77. The Kier molecular flexibility index (Phi) is 2.29. The topological polar surface area (TPSA) is 17.1 Å². The van der Waals surface area contributed by atoms with Crippen molar-refractivity contribution in [3.8, 4) is 0 Å². The smallest absolute Gasteiger partial charge is 0.124 e. The van der Waals surface area contributed by atoms with Crippen molar-refractivity contribution in [3.05, 3.63) is 11.1 Å². The molecule has 0 aromatic heterocycles. The lowest BCUT2D eigenvalue weighted by Crippen LogP contribution is -2.17. The Morgan fingerprint density at radius 1 is 1.25 bits per heavy atom. The predicted octanol–water partition coefficient (Wildman–Crippen LogP) is 2.86. The van der Waals surface area contributed by atoms with Crippen molar-refractivity contribution < 1.29 is 4.79 Å². The van der Waals surface area contributed by atoms with Gasteiger partial charge in [-0.05, 0) is 44.4 Å². The van der Waals surface area contributed by atoms with E-state index in [0.29, 0.717) is 0 Å². The largest absolute Gasteiger partial charge is 0.303 e. The SMILES string of the molecule is O=CCC1=C2CCCC1CCC2. The summed E-state index contributed by atoms with van der Waals surface area (Å²) in [5, 5.41) is 0. The van der Waals surface area contributed by atoms with Crippen LogP contribution in [0.25, 0.3) is 0 Å². The van der Waals surface area contributed by atoms with Crippen LogP contribution >= 0.6 is 0 Å². The van der Waals surface area contributed by atoms with E-state index in [1.54, 1.807) is 5.57 Å². The Hall–Kier alpha value is -0.590. The van der Waals surface area contributed by atoms with Crippen LogP contribution in [0, 0.1) is 5.92 Å². The molecule has 0 heterocycles. The van der Waals surface area contributed by atoms with E-state index >= 15 is 0 Å². The van der Waals surface area contributed by atoms with Crippen LogP contribution in [0.4, 0.5) is 0 Å². The Labute approximate surface area is 73.8 Å². The van der Waals surface area contributed by atoms with Gasteiger partial charge in [0, 0.05) is 6.42 Å². The van der Waals surface area contributed by atoms with Crippen molar-refractivity contribution >= 4 is 6.29 Å². The van der Waals surface area contributed by atoms with Crippen LogP contribution in [-0.4, -0.2) is 6.29 Å². The Morgan fingerprint density at radius 3 is 2.42 bits per heavy atom. The van der Waals surface area contributed by atoms with Crippen molar-refractivity contribution in [2.75, 3.05) is 0 Å². The molecule has 0 aliphatic heterocycles. The number of aldehydes is 1. The predicted molar refractivity (Wildman–Crippen MR) is 48.9 cm³/mol. The first-order chi connectivity index (χ1) is 5.92. The molecule has 2 aliphatic rings. The molecule has 0 aromatic carbocycles. The van der Waals surface area contributed by atoms with Gasteiger partial charge in [0.25, 0.3) is 0 Å². The van der Waals surface area contributed by atoms with Crippen LogP contribution in [0.1, 0.15) is 44.9 Å². The van der Waals surface area contributed by atoms with E-state index in [4.69, 9.17) is 0 Å². The van der Waals surface area contributed by atoms with Crippen LogP contribution < -0.4 is 0 Å².